The average Bonchev–Trinajstić information content (AvgIpc) is 2.17. The highest BCUT2D eigenvalue weighted by atomic mass is 16.5. The molecular formula is C7H14O6. The maximum atomic E-state index is 9.40. The van der Waals surface area contributed by atoms with Gasteiger partial charge in [-0.1, -0.05) is 0 Å². The summed E-state index contributed by atoms with van der Waals surface area (Å²) in [6.45, 7) is 0. The van der Waals surface area contributed by atoms with Gasteiger partial charge in [0.25, 0.3) is 0 Å². The van der Waals surface area contributed by atoms with E-state index >= 15 is 0 Å². The van der Waals surface area contributed by atoms with Gasteiger partial charge in [-0.25, -0.2) is 0 Å². The van der Waals surface area contributed by atoms with Crippen LogP contribution in [0.4, 0.5) is 0 Å². The predicted octanol–water partition coefficient (Wildman–Crippen LogP) is -3.18. The van der Waals surface area contributed by atoms with Crippen molar-refractivity contribution in [1.82, 2.24) is 0 Å². The van der Waals surface area contributed by atoms with Gasteiger partial charge in [0.15, 0.2) is 0 Å². The molecule has 0 aromatic rings. The second-order valence-corrected chi connectivity index (χ2v) is 3.04. The molecule has 6 nitrogen and oxygen atoms in total. The first-order chi connectivity index (χ1) is 7.15. The third-order valence-electron chi connectivity index (χ3n) is 2.21. The summed E-state index contributed by atoms with van der Waals surface area (Å²) in [5, 5.41) is 46.5. The van der Waals surface area contributed by atoms with E-state index in [1.54, 1.807) is 0 Å². The zero-order valence-corrected chi connectivity index (χ0v) is 6.61. The second-order valence-electron chi connectivity index (χ2n) is 3.04. The third-order valence-corrected chi connectivity index (χ3v) is 2.21. The highest BCUT2D eigenvalue weighted by Gasteiger charge is 2.48. The predicted molar refractivity (Wildman–Crippen MR) is 40.8 cm³/mol. The van der Waals surface area contributed by atoms with Crippen molar-refractivity contribution in [3.05, 3.63) is 0 Å². The molecule has 0 bridgehead atoms. The van der Waals surface area contributed by atoms with Crippen LogP contribution < -0.4 is 0 Å². The van der Waals surface area contributed by atoms with Gasteiger partial charge >= 0.3 is 0 Å². The lowest BCUT2D eigenvalue weighted by Crippen LogP contribution is -2.64. The standard InChI is InChI=1S/C7H14O6/c1-13-7-5(11)3(9)2(8)4(10)6(7)12/h2-12H,1H3/t2?,3-,4+,5+,6-,7?/i1D3. The van der Waals surface area contributed by atoms with E-state index in [0.717, 1.165) is 0 Å². The van der Waals surface area contributed by atoms with E-state index in [1.807, 2.05) is 0 Å². The number of hydrogen-bond donors (Lipinski definition) is 5. The van der Waals surface area contributed by atoms with E-state index in [-0.39, 0.29) is 0 Å². The number of methoxy groups -OCH3 is 1. The molecule has 1 saturated carbocycles. The van der Waals surface area contributed by atoms with Crippen molar-refractivity contribution in [2.24, 2.45) is 0 Å². The molecule has 0 amide bonds. The lowest BCUT2D eigenvalue weighted by atomic mass is 9.85. The fourth-order valence-electron chi connectivity index (χ4n) is 1.34. The van der Waals surface area contributed by atoms with Crippen LogP contribution in [-0.2, 0) is 4.74 Å². The van der Waals surface area contributed by atoms with Gasteiger partial charge in [0, 0.05) is 7.04 Å². The van der Waals surface area contributed by atoms with E-state index in [2.05, 4.69) is 4.74 Å². The SMILES string of the molecule is [2H]C([2H])([2H])OC1[C@@H](O)[C@H](O)C(O)[C@H](O)[C@H]1O. The molecule has 13 heavy (non-hydrogen) atoms. The molecular weight excluding hydrogens is 180 g/mol. The number of aliphatic hydroxyl groups is 5. The van der Waals surface area contributed by atoms with Crippen LogP contribution in [0.2, 0.25) is 0 Å². The molecule has 78 valence electrons. The van der Waals surface area contributed by atoms with Crippen LogP contribution in [0.25, 0.3) is 0 Å². The van der Waals surface area contributed by atoms with Gasteiger partial charge in [-0.05, 0) is 0 Å². The Bertz CT molecular complexity index is 231. The number of hydrogen-bond acceptors (Lipinski definition) is 6. The Morgan fingerprint density at radius 3 is 1.62 bits per heavy atom. The summed E-state index contributed by atoms with van der Waals surface area (Å²) in [5.41, 5.74) is 0. The first kappa shape index (κ1) is 7.10. The molecule has 0 aromatic heterocycles. The molecule has 6 atom stereocenters. The minimum absolute atomic E-state index is 1.69. The second kappa shape index (κ2) is 3.87. The maximum Gasteiger partial charge on any atom is 0.114 e. The fourth-order valence-corrected chi connectivity index (χ4v) is 1.34. The van der Waals surface area contributed by atoms with Crippen molar-refractivity contribution < 1.29 is 34.4 Å². The quantitative estimate of drug-likeness (QED) is 0.303. The Morgan fingerprint density at radius 1 is 0.846 bits per heavy atom. The molecule has 0 aliphatic heterocycles. The monoisotopic (exact) mass is 197 g/mol. The lowest BCUT2D eigenvalue weighted by Gasteiger charge is -2.40. The minimum atomic E-state index is -2.89. The number of rotatable bonds is 1. The van der Waals surface area contributed by atoms with Crippen molar-refractivity contribution >= 4 is 0 Å². The summed E-state index contributed by atoms with van der Waals surface area (Å²) in [7, 11) is -2.89. The molecule has 2 unspecified atom stereocenters. The molecule has 0 spiro atoms. The molecule has 1 aliphatic carbocycles. The summed E-state index contributed by atoms with van der Waals surface area (Å²) in [4.78, 5) is 0. The lowest BCUT2D eigenvalue weighted by molar-refractivity contribution is -0.229. The molecule has 1 fully saturated rings. The zero-order valence-electron chi connectivity index (χ0n) is 9.61. The smallest absolute Gasteiger partial charge is 0.114 e. The van der Waals surface area contributed by atoms with Crippen molar-refractivity contribution in [3.8, 4) is 0 Å². The minimum Gasteiger partial charge on any atom is -0.387 e. The Kier molecular flexibility index (Phi) is 2.11. The van der Waals surface area contributed by atoms with Gasteiger partial charge in [0.05, 0.1) is 4.11 Å². The summed E-state index contributed by atoms with van der Waals surface area (Å²) in [6.07, 6.45) is -10.6. The Hall–Kier alpha value is -0.240. The van der Waals surface area contributed by atoms with Gasteiger partial charge < -0.3 is 30.3 Å². The first-order valence-electron chi connectivity index (χ1n) is 5.23. The number of ether oxygens (including phenoxy) is 1. The van der Waals surface area contributed by atoms with Crippen molar-refractivity contribution in [3.63, 3.8) is 0 Å². The van der Waals surface area contributed by atoms with E-state index in [0.29, 0.717) is 0 Å². The molecule has 1 rings (SSSR count). The van der Waals surface area contributed by atoms with Crippen molar-refractivity contribution in [2.75, 3.05) is 7.04 Å². The Balaban J connectivity index is 2.83. The molecule has 1 aliphatic rings. The maximum absolute atomic E-state index is 9.40. The zero-order chi connectivity index (χ0) is 12.7. The van der Waals surface area contributed by atoms with Crippen LogP contribution >= 0.6 is 0 Å². The highest BCUT2D eigenvalue weighted by molar-refractivity contribution is 4.99. The molecule has 6 heteroatoms. The van der Waals surface area contributed by atoms with Crippen LogP contribution in [0.3, 0.4) is 0 Å². The normalized spacial score (nSPS) is 56.5. The van der Waals surface area contributed by atoms with E-state index in [9.17, 15) is 25.5 Å². The molecule has 0 aromatic carbocycles. The molecule has 0 radical (unpaired) electrons. The summed E-state index contributed by atoms with van der Waals surface area (Å²) in [6, 6.07) is 0. The summed E-state index contributed by atoms with van der Waals surface area (Å²) >= 11 is 0. The third kappa shape index (κ3) is 1.69. The van der Waals surface area contributed by atoms with Crippen molar-refractivity contribution in [2.45, 2.75) is 36.6 Å². The number of aliphatic hydroxyl groups excluding tert-OH is 5. The largest absolute Gasteiger partial charge is 0.387 e. The average molecular weight is 197 g/mol. The first-order valence-corrected chi connectivity index (χ1v) is 3.73. The molecule has 0 heterocycles. The highest BCUT2D eigenvalue weighted by Crippen LogP contribution is 2.23. The van der Waals surface area contributed by atoms with E-state index < -0.39 is 43.7 Å². The van der Waals surface area contributed by atoms with Crippen LogP contribution in [-0.4, -0.2) is 69.2 Å². The molecule has 0 saturated heterocycles. The Labute approximate surface area is 79.2 Å². The van der Waals surface area contributed by atoms with Crippen LogP contribution in [0.5, 0.6) is 0 Å². The van der Waals surface area contributed by atoms with E-state index in [4.69, 9.17) is 4.11 Å². The van der Waals surface area contributed by atoms with Gasteiger partial charge in [-0.2, -0.15) is 0 Å². The van der Waals surface area contributed by atoms with Gasteiger partial charge in [0.1, 0.15) is 36.6 Å². The van der Waals surface area contributed by atoms with Crippen LogP contribution in [0.1, 0.15) is 4.11 Å². The Morgan fingerprint density at radius 2 is 1.23 bits per heavy atom. The van der Waals surface area contributed by atoms with E-state index in [1.165, 1.54) is 0 Å². The van der Waals surface area contributed by atoms with Gasteiger partial charge in [0.2, 0.25) is 0 Å². The molecule has 5 N–H and O–H groups in total. The van der Waals surface area contributed by atoms with Gasteiger partial charge in [-0.15, -0.1) is 0 Å². The summed E-state index contributed by atoms with van der Waals surface area (Å²) < 4.78 is 24.7. The fraction of sp³-hybridized carbons (Fsp3) is 1.00. The van der Waals surface area contributed by atoms with Crippen molar-refractivity contribution in [1.29, 1.82) is 0 Å². The van der Waals surface area contributed by atoms with Crippen LogP contribution in [0, 0.1) is 0 Å². The topological polar surface area (TPSA) is 110 Å². The van der Waals surface area contributed by atoms with Gasteiger partial charge in [-0.3, -0.25) is 0 Å². The summed E-state index contributed by atoms with van der Waals surface area (Å²) in [5.74, 6) is 0. The van der Waals surface area contributed by atoms with Crippen LogP contribution in [0.15, 0.2) is 0 Å².